The molecule has 2 unspecified atom stereocenters. The molecule has 1 aliphatic rings. The van der Waals surface area contributed by atoms with Gasteiger partial charge in [0.25, 0.3) is 0 Å². The first kappa shape index (κ1) is 15.5. The predicted octanol–water partition coefficient (Wildman–Crippen LogP) is 1.49. The monoisotopic (exact) mass is 293 g/mol. The molecule has 2 amide bonds. The van der Waals surface area contributed by atoms with E-state index in [-0.39, 0.29) is 23.7 Å². The van der Waals surface area contributed by atoms with Gasteiger partial charge in [-0.15, -0.1) is 0 Å². The molecule has 0 radical (unpaired) electrons. The number of carbonyl (C=O) groups excluding carboxylic acids is 2. The fourth-order valence-electron chi connectivity index (χ4n) is 2.72. The minimum absolute atomic E-state index is 0.0371. The molecular weight excluding hydrogens is 270 g/mol. The third-order valence-corrected chi connectivity index (χ3v) is 3.76. The van der Waals surface area contributed by atoms with Crippen LogP contribution in [-0.4, -0.2) is 34.0 Å². The minimum atomic E-state index is -0.472. The zero-order valence-corrected chi connectivity index (χ0v) is 13.2. The Hall–Kier alpha value is -1.85. The molecule has 1 saturated heterocycles. The van der Waals surface area contributed by atoms with E-state index >= 15 is 0 Å². The van der Waals surface area contributed by atoms with Gasteiger partial charge < -0.3 is 14.7 Å². The normalized spacial score (nSPS) is 23.1. The van der Waals surface area contributed by atoms with E-state index in [4.69, 9.17) is 4.52 Å². The van der Waals surface area contributed by atoms with E-state index in [1.165, 1.54) is 0 Å². The Bertz CT molecular complexity index is 536. The molecule has 2 rings (SSSR count). The third-order valence-electron chi connectivity index (χ3n) is 3.76. The molecule has 1 aromatic heterocycles. The van der Waals surface area contributed by atoms with Crippen LogP contribution in [-0.2, 0) is 16.1 Å². The van der Waals surface area contributed by atoms with Gasteiger partial charge in [-0.2, -0.15) is 0 Å². The Morgan fingerprint density at radius 3 is 2.43 bits per heavy atom. The number of nitrogens with zero attached hydrogens (tertiary/aromatic N) is 2. The van der Waals surface area contributed by atoms with Crippen LogP contribution in [0.3, 0.4) is 0 Å². The molecule has 6 nitrogen and oxygen atoms in total. The van der Waals surface area contributed by atoms with Gasteiger partial charge >= 0.3 is 0 Å². The summed E-state index contributed by atoms with van der Waals surface area (Å²) >= 11 is 0. The van der Waals surface area contributed by atoms with Crippen LogP contribution in [0.25, 0.3) is 0 Å². The van der Waals surface area contributed by atoms with E-state index in [0.717, 1.165) is 0 Å². The largest absolute Gasteiger partial charge is 0.361 e. The van der Waals surface area contributed by atoms with Crippen LogP contribution in [0, 0.1) is 18.8 Å². The average molecular weight is 293 g/mol. The van der Waals surface area contributed by atoms with E-state index in [2.05, 4.69) is 10.5 Å². The van der Waals surface area contributed by atoms with Crippen LogP contribution in [0.5, 0.6) is 0 Å². The van der Waals surface area contributed by atoms with E-state index in [9.17, 15) is 9.59 Å². The lowest BCUT2D eigenvalue weighted by Crippen LogP contribution is -2.65. The van der Waals surface area contributed by atoms with Crippen LogP contribution in [0.2, 0.25) is 0 Å². The molecule has 0 bridgehead atoms. The number of rotatable bonds is 4. The number of nitrogens with one attached hydrogen (secondary N) is 1. The standard InChI is InChI=1S/C15H23N3O3/c1-8(2)12-15(20)18(7-11-6-10(5)21-17-11)13(9(3)4)14(19)16-12/h6,8-9,12-13H,7H2,1-5H3,(H,16,19). The SMILES string of the molecule is Cc1cc(CN2C(=O)C(C(C)C)NC(=O)C2C(C)C)no1. The number of hydrogen-bond acceptors (Lipinski definition) is 4. The van der Waals surface area contributed by atoms with Gasteiger partial charge in [0.1, 0.15) is 23.5 Å². The molecule has 1 N–H and O–H groups in total. The van der Waals surface area contributed by atoms with Crippen molar-refractivity contribution >= 4 is 11.8 Å². The molecule has 116 valence electrons. The number of amides is 2. The van der Waals surface area contributed by atoms with Crippen molar-refractivity contribution in [1.29, 1.82) is 0 Å². The second kappa shape index (κ2) is 5.87. The fraction of sp³-hybridized carbons (Fsp3) is 0.667. The first-order chi connectivity index (χ1) is 9.81. The lowest BCUT2D eigenvalue weighted by atomic mass is 9.92. The first-order valence-electron chi connectivity index (χ1n) is 7.34. The third kappa shape index (κ3) is 3.09. The summed E-state index contributed by atoms with van der Waals surface area (Å²) in [4.78, 5) is 26.7. The lowest BCUT2D eigenvalue weighted by Gasteiger charge is -2.41. The number of hydrogen-bond donors (Lipinski definition) is 1. The van der Waals surface area contributed by atoms with Crippen LogP contribution >= 0.6 is 0 Å². The second-order valence-corrected chi connectivity index (χ2v) is 6.31. The summed E-state index contributed by atoms with van der Waals surface area (Å²) in [5.41, 5.74) is 0.670. The van der Waals surface area contributed by atoms with E-state index in [1.54, 1.807) is 17.9 Å². The van der Waals surface area contributed by atoms with Crippen molar-refractivity contribution in [1.82, 2.24) is 15.4 Å². The Balaban J connectivity index is 2.29. The fourth-order valence-corrected chi connectivity index (χ4v) is 2.72. The highest BCUT2D eigenvalue weighted by atomic mass is 16.5. The lowest BCUT2D eigenvalue weighted by molar-refractivity contribution is -0.153. The summed E-state index contributed by atoms with van der Waals surface area (Å²) in [5.74, 6) is 0.638. The summed E-state index contributed by atoms with van der Waals surface area (Å²) in [7, 11) is 0. The Labute approximate surface area is 124 Å². The smallest absolute Gasteiger partial charge is 0.246 e. The average Bonchev–Trinajstić information content (AvgIpc) is 2.78. The number of aryl methyl sites for hydroxylation is 1. The molecule has 1 aliphatic heterocycles. The summed E-state index contributed by atoms with van der Waals surface area (Å²) in [5, 5.41) is 6.78. The van der Waals surface area contributed by atoms with Gasteiger partial charge in [0.2, 0.25) is 11.8 Å². The Kier molecular flexibility index (Phi) is 4.34. The van der Waals surface area contributed by atoms with Crippen molar-refractivity contribution < 1.29 is 14.1 Å². The van der Waals surface area contributed by atoms with Gasteiger partial charge in [-0.3, -0.25) is 9.59 Å². The predicted molar refractivity (Wildman–Crippen MR) is 77.2 cm³/mol. The quantitative estimate of drug-likeness (QED) is 0.912. The van der Waals surface area contributed by atoms with Crippen molar-refractivity contribution in [3.8, 4) is 0 Å². The molecule has 0 spiro atoms. The van der Waals surface area contributed by atoms with Gasteiger partial charge in [0, 0.05) is 6.07 Å². The summed E-state index contributed by atoms with van der Waals surface area (Å²) < 4.78 is 5.05. The van der Waals surface area contributed by atoms with E-state index in [1.807, 2.05) is 27.7 Å². The first-order valence-corrected chi connectivity index (χ1v) is 7.34. The zero-order valence-electron chi connectivity index (χ0n) is 13.2. The number of carbonyl (C=O) groups is 2. The molecule has 1 aromatic rings. The molecule has 1 fully saturated rings. The maximum absolute atomic E-state index is 12.7. The van der Waals surface area contributed by atoms with Gasteiger partial charge in [0.15, 0.2) is 0 Å². The van der Waals surface area contributed by atoms with Crippen molar-refractivity contribution in [3.63, 3.8) is 0 Å². The highest BCUT2D eigenvalue weighted by molar-refractivity contribution is 5.97. The van der Waals surface area contributed by atoms with Crippen LogP contribution in [0.4, 0.5) is 0 Å². The maximum atomic E-state index is 12.7. The summed E-state index contributed by atoms with van der Waals surface area (Å²) in [6.07, 6.45) is 0. The highest BCUT2D eigenvalue weighted by Crippen LogP contribution is 2.22. The topological polar surface area (TPSA) is 75.4 Å². The second-order valence-electron chi connectivity index (χ2n) is 6.31. The van der Waals surface area contributed by atoms with Gasteiger partial charge in [-0.05, 0) is 18.8 Å². The van der Waals surface area contributed by atoms with E-state index in [0.29, 0.717) is 18.0 Å². The molecule has 0 aromatic carbocycles. The van der Waals surface area contributed by atoms with Crippen LogP contribution in [0.1, 0.15) is 39.1 Å². The Morgan fingerprint density at radius 2 is 1.95 bits per heavy atom. The molecule has 6 heteroatoms. The van der Waals surface area contributed by atoms with Crippen LogP contribution in [0.15, 0.2) is 10.6 Å². The van der Waals surface area contributed by atoms with Crippen LogP contribution < -0.4 is 5.32 Å². The molecule has 0 saturated carbocycles. The number of aromatic nitrogens is 1. The highest BCUT2D eigenvalue weighted by Gasteiger charge is 2.43. The van der Waals surface area contributed by atoms with Crippen molar-refractivity contribution in [2.24, 2.45) is 11.8 Å². The zero-order chi connectivity index (χ0) is 15.7. The molecule has 0 aliphatic carbocycles. The van der Waals surface area contributed by atoms with Gasteiger partial charge in [0.05, 0.1) is 6.54 Å². The molecule has 2 atom stereocenters. The minimum Gasteiger partial charge on any atom is -0.361 e. The molecular formula is C15H23N3O3. The van der Waals surface area contributed by atoms with Crippen molar-refractivity contribution in [3.05, 3.63) is 17.5 Å². The number of piperazine rings is 1. The van der Waals surface area contributed by atoms with Crippen molar-refractivity contribution in [2.45, 2.75) is 53.2 Å². The van der Waals surface area contributed by atoms with Gasteiger partial charge in [-0.25, -0.2) is 0 Å². The molecule has 2 heterocycles. The van der Waals surface area contributed by atoms with E-state index < -0.39 is 12.1 Å². The van der Waals surface area contributed by atoms with Gasteiger partial charge in [-0.1, -0.05) is 32.9 Å². The molecule has 21 heavy (non-hydrogen) atoms. The summed E-state index contributed by atoms with van der Waals surface area (Å²) in [6.45, 7) is 9.84. The maximum Gasteiger partial charge on any atom is 0.246 e. The van der Waals surface area contributed by atoms with Crippen molar-refractivity contribution in [2.75, 3.05) is 0 Å². The Morgan fingerprint density at radius 1 is 1.29 bits per heavy atom. The summed E-state index contributed by atoms with van der Waals surface area (Å²) in [6, 6.07) is 0.853.